The Morgan fingerprint density at radius 2 is 1.62 bits per heavy atom. The number of carbonyl (C=O) groups excluding carboxylic acids is 2. The first-order valence-electron chi connectivity index (χ1n) is 11.5. The summed E-state index contributed by atoms with van der Waals surface area (Å²) in [5.74, 6) is -2.41. The highest BCUT2D eigenvalue weighted by Crippen LogP contribution is 2.49. The average Bonchev–Trinajstić information content (AvgIpc) is 3.44. The van der Waals surface area contributed by atoms with E-state index in [2.05, 4.69) is 0 Å². The smallest absolute Gasteiger partial charge is 0.416 e. The third-order valence-electron chi connectivity index (χ3n) is 6.93. The first-order chi connectivity index (χ1) is 18.2. The Morgan fingerprint density at radius 1 is 1.00 bits per heavy atom. The van der Waals surface area contributed by atoms with Crippen LogP contribution in [-0.4, -0.2) is 34.1 Å². The van der Waals surface area contributed by atoms with Crippen LogP contribution in [0.15, 0.2) is 65.9 Å². The highest BCUT2D eigenvalue weighted by atomic mass is 19.4. The lowest BCUT2D eigenvalue weighted by Crippen LogP contribution is -2.36. The van der Waals surface area contributed by atoms with Crippen LogP contribution in [0.2, 0.25) is 0 Å². The molecule has 0 bridgehead atoms. The van der Waals surface area contributed by atoms with Crippen LogP contribution in [0.25, 0.3) is 0 Å². The Morgan fingerprint density at radius 3 is 2.21 bits per heavy atom. The van der Waals surface area contributed by atoms with Crippen LogP contribution in [0.5, 0.6) is 0 Å². The Bertz CT molecular complexity index is 1430. The van der Waals surface area contributed by atoms with Gasteiger partial charge < -0.3 is 9.84 Å². The molecular formula is C26H18F6N2O5. The lowest BCUT2D eigenvalue weighted by Gasteiger charge is -2.26. The first kappa shape index (κ1) is 26.3. The van der Waals surface area contributed by atoms with Gasteiger partial charge in [-0.3, -0.25) is 14.5 Å². The Balaban J connectivity index is 1.52. The van der Waals surface area contributed by atoms with Crippen molar-refractivity contribution >= 4 is 23.6 Å². The van der Waals surface area contributed by atoms with Crippen LogP contribution in [0.4, 0.5) is 36.8 Å². The summed E-state index contributed by atoms with van der Waals surface area (Å²) in [7, 11) is 0. The van der Waals surface area contributed by atoms with Crippen molar-refractivity contribution in [3.63, 3.8) is 0 Å². The Labute approximate surface area is 216 Å². The van der Waals surface area contributed by atoms with Gasteiger partial charge in [0.2, 0.25) is 0 Å². The maximum Gasteiger partial charge on any atom is 0.416 e. The molecule has 3 unspecified atom stereocenters. The molecule has 1 saturated heterocycles. The third kappa shape index (κ3) is 4.41. The van der Waals surface area contributed by atoms with Crippen LogP contribution in [0.1, 0.15) is 35.2 Å². The maximum atomic E-state index is 13.4. The summed E-state index contributed by atoms with van der Waals surface area (Å²) < 4.78 is 86.1. The van der Waals surface area contributed by atoms with E-state index in [9.17, 15) is 45.8 Å². The molecule has 0 radical (unpaired) electrons. The van der Waals surface area contributed by atoms with Gasteiger partial charge in [0, 0.05) is 17.2 Å². The van der Waals surface area contributed by atoms with Gasteiger partial charge in [-0.1, -0.05) is 24.3 Å². The van der Waals surface area contributed by atoms with E-state index in [0.29, 0.717) is 33.9 Å². The summed E-state index contributed by atoms with van der Waals surface area (Å²) >= 11 is 0. The summed E-state index contributed by atoms with van der Waals surface area (Å²) in [5, 5.41) is 9.69. The zero-order valence-electron chi connectivity index (χ0n) is 19.9. The molecule has 39 heavy (non-hydrogen) atoms. The van der Waals surface area contributed by atoms with Gasteiger partial charge in [-0.05, 0) is 48.7 Å². The number of hydrogen-bond acceptors (Lipinski definition) is 4. The second-order valence-electron chi connectivity index (χ2n) is 9.30. The van der Waals surface area contributed by atoms with Gasteiger partial charge in [0.15, 0.2) is 6.23 Å². The quantitative estimate of drug-likeness (QED) is 0.301. The number of ether oxygens (including phenoxy) is 1. The number of rotatable bonds is 3. The largest absolute Gasteiger partial charge is 0.474 e. The summed E-state index contributed by atoms with van der Waals surface area (Å²) in [6.07, 6.45) is -10.8. The number of nitrogens with zero attached hydrogens (tertiary/aromatic N) is 2. The summed E-state index contributed by atoms with van der Waals surface area (Å²) in [5.41, 5.74) is -2.56. The molecule has 2 aliphatic heterocycles. The van der Waals surface area contributed by atoms with Crippen molar-refractivity contribution in [1.82, 2.24) is 4.90 Å². The molecule has 0 spiro atoms. The number of halogens is 6. The molecule has 0 saturated carbocycles. The number of likely N-dealkylation sites (tertiary alicyclic amines) is 1. The van der Waals surface area contributed by atoms with Gasteiger partial charge in [0.1, 0.15) is 0 Å². The summed E-state index contributed by atoms with van der Waals surface area (Å²) in [4.78, 5) is 39.0. The van der Waals surface area contributed by atoms with Crippen molar-refractivity contribution in [3.05, 3.63) is 88.2 Å². The van der Waals surface area contributed by atoms with Crippen molar-refractivity contribution in [2.45, 2.75) is 38.0 Å². The number of benzene rings is 2. The fourth-order valence-corrected chi connectivity index (χ4v) is 5.19. The molecular weight excluding hydrogens is 534 g/mol. The minimum Gasteiger partial charge on any atom is -0.474 e. The van der Waals surface area contributed by atoms with E-state index in [4.69, 9.17) is 4.74 Å². The molecule has 3 atom stereocenters. The number of carbonyl (C=O) groups is 3. The molecule has 1 N–H and O–H groups in total. The minimum absolute atomic E-state index is 0.0135. The highest BCUT2D eigenvalue weighted by molar-refractivity contribution is 6.08. The molecule has 2 aromatic rings. The van der Waals surface area contributed by atoms with Gasteiger partial charge in [-0.2, -0.15) is 26.3 Å². The standard InChI is InChI=1S/C26H18F6N2O5/c1-12-6-20(33(22(12)35)16-9-14(25(27,28)29)8-15(10-16)26(30,31)32)39-11-19-18-7-13-4-2-3-5-17(13)21(18)34(23(19)36)24(37)38/h2-6,8-11,18,20-21H,7H2,1H3,(H,37,38)/b19-11+. The van der Waals surface area contributed by atoms with Crippen molar-refractivity contribution in [2.75, 3.05) is 4.90 Å². The van der Waals surface area contributed by atoms with Crippen LogP contribution in [0, 0.1) is 5.92 Å². The maximum absolute atomic E-state index is 13.4. The fraction of sp³-hybridized carbons (Fsp3) is 0.269. The van der Waals surface area contributed by atoms with E-state index < -0.39 is 65.3 Å². The highest BCUT2D eigenvalue weighted by Gasteiger charge is 2.52. The van der Waals surface area contributed by atoms with E-state index >= 15 is 0 Å². The van der Waals surface area contributed by atoms with E-state index in [-0.39, 0.29) is 17.2 Å². The molecule has 1 fully saturated rings. The first-order valence-corrected chi connectivity index (χ1v) is 11.5. The van der Waals surface area contributed by atoms with Crippen LogP contribution in [-0.2, 0) is 33.1 Å². The molecule has 3 amide bonds. The van der Waals surface area contributed by atoms with Crippen LogP contribution >= 0.6 is 0 Å². The topological polar surface area (TPSA) is 87.2 Å². The molecule has 5 rings (SSSR count). The van der Waals surface area contributed by atoms with Crippen molar-refractivity contribution in [3.8, 4) is 0 Å². The third-order valence-corrected chi connectivity index (χ3v) is 6.93. The lowest BCUT2D eigenvalue weighted by atomic mass is 9.97. The predicted molar refractivity (Wildman–Crippen MR) is 122 cm³/mol. The molecule has 7 nitrogen and oxygen atoms in total. The van der Waals surface area contributed by atoms with E-state index in [0.717, 1.165) is 11.8 Å². The van der Waals surface area contributed by atoms with Gasteiger partial charge in [-0.25, -0.2) is 9.69 Å². The fourth-order valence-electron chi connectivity index (χ4n) is 5.19. The number of hydrogen-bond donors (Lipinski definition) is 1. The zero-order valence-corrected chi connectivity index (χ0v) is 19.9. The second kappa shape index (κ2) is 8.89. The minimum atomic E-state index is -5.14. The van der Waals surface area contributed by atoms with Crippen LogP contribution in [0.3, 0.4) is 0 Å². The van der Waals surface area contributed by atoms with E-state index in [1.807, 2.05) is 0 Å². The molecule has 204 valence electrons. The monoisotopic (exact) mass is 552 g/mol. The number of alkyl halides is 6. The van der Waals surface area contributed by atoms with Crippen molar-refractivity contribution in [1.29, 1.82) is 0 Å². The SMILES string of the molecule is CC1=CC(O/C=C2/C(=O)N(C(=O)O)C3c4ccccc4CC23)N(c2cc(C(F)(F)F)cc(C(F)(F)F)c2)C1=O. The van der Waals surface area contributed by atoms with Gasteiger partial charge in [0.25, 0.3) is 11.8 Å². The van der Waals surface area contributed by atoms with Gasteiger partial charge in [-0.15, -0.1) is 0 Å². The number of fused-ring (bicyclic) bond motifs is 3. The molecule has 1 aliphatic carbocycles. The molecule has 2 aromatic carbocycles. The Hall–Kier alpha value is -4.29. The van der Waals surface area contributed by atoms with Gasteiger partial charge >= 0.3 is 18.4 Å². The lowest BCUT2D eigenvalue weighted by molar-refractivity contribution is -0.143. The number of imide groups is 1. The second-order valence-corrected chi connectivity index (χ2v) is 9.30. The van der Waals surface area contributed by atoms with Crippen molar-refractivity contribution in [2.24, 2.45) is 5.92 Å². The van der Waals surface area contributed by atoms with Gasteiger partial charge in [0.05, 0.1) is 29.0 Å². The molecule has 2 heterocycles. The summed E-state index contributed by atoms with van der Waals surface area (Å²) in [6, 6.07) is 6.86. The predicted octanol–water partition coefficient (Wildman–Crippen LogP) is 5.68. The summed E-state index contributed by atoms with van der Waals surface area (Å²) in [6.45, 7) is 1.31. The number of anilines is 1. The number of carboxylic acid groups (broad SMARTS) is 1. The zero-order chi connectivity index (χ0) is 28.4. The van der Waals surface area contributed by atoms with E-state index in [1.54, 1.807) is 24.3 Å². The van der Waals surface area contributed by atoms with Crippen LogP contribution < -0.4 is 4.90 Å². The van der Waals surface area contributed by atoms with Crippen molar-refractivity contribution < 1.29 is 50.6 Å². The average molecular weight is 552 g/mol. The molecule has 3 aliphatic rings. The Kier molecular flexibility index (Phi) is 6.00. The van der Waals surface area contributed by atoms with E-state index in [1.165, 1.54) is 13.0 Å². The molecule has 0 aromatic heterocycles. The molecule has 13 heteroatoms. The normalized spacial score (nSPS) is 23.8. The number of amides is 3.